The van der Waals surface area contributed by atoms with Gasteiger partial charge in [-0.3, -0.25) is 0 Å². The fraction of sp³-hybridized carbons (Fsp3) is 0.357. The van der Waals surface area contributed by atoms with Crippen LogP contribution in [-0.4, -0.2) is 28.2 Å². The van der Waals surface area contributed by atoms with Gasteiger partial charge < -0.3 is 5.32 Å². The third kappa shape index (κ3) is 2.96. The first-order valence-electron chi connectivity index (χ1n) is 6.21. The summed E-state index contributed by atoms with van der Waals surface area (Å²) < 4.78 is 0. The molecule has 0 saturated carbocycles. The van der Waals surface area contributed by atoms with Gasteiger partial charge in [0.25, 0.3) is 0 Å². The van der Waals surface area contributed by atoms with Gasteiger partial charge in [-0.1, -0.05) is 25.1 Å². The van der Waals surface area contributed by atoms with Crippen LogP contribution in [0.15, 0.2) is 24.3 Å². The summed E-state index contributed by atoms with van der Waals surface area (Å²) in [4.78, 5) is 0. The highest BCUT2D eigenvalue weighted by atomic mass is 32.2. The lowest BCUT2D eigenvalue weighted by molar-refractivity contribution is 0.774. The summed E-state index contributed by atoms with van der Waals surface area (Å²) >= 11 is 1.79. The standard InChI is InChI=1S/C14H16N4S/c1-3-10(9-19-2)16-14-11-6-4-5-7-12(11)17-18-13(14)8-15/h4-7,10H,3,9H2,1-2H3,(H,16,17). The molecule has 1 N–H and O–H groups in total. The predicted octanol–water partition coefficient (Wildman–Crippen LogP) is 3.05. The molecular weight excluding hydrogens is 256 g/mol. The fourth-order valence-electron chi connectivity index (χ4n) is 1.94. The Kier molecular flexibility index (Phi) is 4.58. The van der Waals surface area contributed by atoms with Crippen molar-refractivity contribution in [2.45, 2.75) is 19.4 Å². The summed E-state index contributed by atoms with van der Waals surface area (Å²) in [6.45, 7) is 2.14. The molecule has 19 heavy (non-hydrogen) atoms. The van der Waals surface area contributed by atoms with Crippen LogP contribution < -0.4 is 5.32 Å². The minimum absolute atomic E-state index is 0.328. The van der Waals surface area contributed by atoms with Gasteiger partial charge in [0.1, 0.15) is 6.07 Å². The van der Waals surface area contributed by atoms with Gasteiger partial charge in [-0.15, -0.1) is 10.2 Å². The first-order chi connectivity index (χ1) is 9.30. The Bertz CT molecular complexity index is 606. The van der Waals surface area contributed by atoms with Crippen LogP contribution in [0.3, 0.4) is 0 Å². The summed E-state index contributed by atoms with van der Waals surface area (Å²) in [6, 6.07) is 10.2. The molecule has 4 nitrogen and oxygen atoms in total. The van der Waals surface area contributed by atoms with E-state index in [1.165, 1.54) is 0 Å². The first kappa shape index (κ1) is 13.6. The van der Waals surface area contributed by atoms with Crippen molar-refractivity contribution in [3.8, 4) is 6.07 Å². The zero-order chi connectivity index (χ0) is 13.7. The van der Waals surface area contributed by atoms with Crippen LogP contribution in [0.1, 0.15) is 19.0 Å². The largest absolute Gasteiger partial charge is 0.379 e. The number of nitrogens with zero attached hydrogens (tertiary/aromatic N) is 3. The van der Waals surface area contributed by atoms with Gasteiger partial charge in [0, 0.05) is 17.2 Å². The Hall–Kier alpha value is -1.80. The normalized spacial score (nSPS) is 12.1. The summed E-state index contributed by atoms with van der Waals surface area (Å²) in [5.41, 5.74) is 1.97. The Morgan fingerprint density at radius 1 is 1.37 bits per heavy atom. The van der Waals surface area contributed by atoms with Crippen LogP contribution in [0, 0.1) is 11.3 Å². The van der Waals surface area contributed by atoms with Gasteiger partial charge in [-0.2, -0.15) is 17.0 Å². The van der Waals surface area contributed by atoms with E-state index in [9.17, 15) is 5.26 Å². The maximum Gasteiger partial charge on any atom is 0.186 e. The van der Waals surface area contributed by atoms with E-state index in [0.717, 1.165) is 28.8 Å². The highest BCUT2D eigenvalue weighted by Gasteiger charge is 2.13. The van der Waals surface area contributed by atoms with E-state index in [4.69, 9.17) is 0 Å². The lowest BCUT2D eigenvalue weighted by Gasteiger charge is -2.18. The lowest BCUT2D eigenvalue weighted by atomic mass is 10.1. The molecule has 0 spiro atoms. The average molecular weight is 272 g/mol. The second-order valence-corrected chi connectivity index (χ2v) is 5.17. The molecule has 2 rings (SSSR count). The van der Waals surface area contributed by atoms with Crippen molar-refractivity contribution in [1.29, 1.82) is 5.26 Å². The maximum atomic E-state index is 9.20. The van der Waals surface area contributed by atoms with Gasteiger partial charge in [0.05, 0.1) is 11.2 Å². The molecule has 98 valence electrons. The zero-order valence-electron chi connectivity index (χ0n) is 11.1. The zero-order valence-corrected chi connectivity index (χ0v) is 11.9. The van der Waals surface area contributed by atoms with E-state index in [1.54, 1.807) is 11.8 Å². The van der Waals surface area contributed by atoms with Gasteiger partial charge in [0.2, 0.25) is 0 Å². The molecule has 2 aromatic rings. The average Bonchev–Trinajstić information content (AvgIpc) is 2.46. The van der Waals surface area contributed by atoms with E-state index in [1.807, 2.05) is 24.3 Å². The molecule has 0 aliphatic rings. The van der Waals surface area contributed by atoms with E-state index in [0.29, 0.717) is 11.7 Å². The number of anilines is 1. The van der Waals surface area contributed by atoms with E-state index in [2.05, 4.69) is 34.8 Å². The van der Waals surface area contributed by atoms with Crippen LogP contribution in [0.4, 0.5) is 5.69 Å². The van der Waals surface area contributed by atoms with Crippen molar-refractivity contribution in [2.24, 2.45) is 0 Å². The summed E-state index contributed by atoms with van der Waals surface area (Å²) in [5.74, 6) is 0.998. The highest BCUT2D eigenvalue weighted by molar-refractivity contribution is 7.98. The molecule has 0 aliphatic heterocycles. The van der Waals surface area contributed by atoms with Crippen LogP contribution in [0.25, 0.3) is 10.9 Å². The molecule has 0 amide bonds. The van der Waals surface area contributed by atoms with Crippen molar-refractivity contribution in [3.05, 3.63) is 30.0 Å². The Balaban J connectivity index is 2.47. The highest BCUT2D eigenvalue weighted by Crippen LogP contribution is 2.25. The molecule has 0 aliphatic carbocycles. The summed E-state index contributed by atoms with van der Waals surface area (Å²) in [5, 5.41) is 21.7. The number of hydrogen-bond donors (Lipinski definition) is 1. The summed E-state index contributed by atoms with van der Waals surface area (Å²) in [7, 11) is 0. The number of fused-ring (bicyclic) bond motifs is 1. The van der Waals surface area contributed by atoms with E-state index < -0.39 is 0 Å². The lowest BCUT2D eigenvalue weighted by Crippen LogP contribution is -2.22. The first-order valence-corrected chi connectivity index (χ1v) is 7.60. The Labute approximate surface area is 117 Å². The SMILES string of the molecule is CCC(CSC)Nc1c(C#N)nnc2ccccc12. The number of benzene rings is 1. The molecule has 1 aromatic heterocycles. The molecule has 0 radical (unpaired) electrons. The molecule has 1 heterocycles. The van der Waals surface area contributed by atoms with Crippen LogP contribution in [-0.2, 0) is 0 Å². The number of nitriles is 1. The molecule has 0 bridgehead atoms. The molecule has 1 atom stereocenters. The number of rotatable bonds is 5. The van der Waals surface area contributed by atoms with Gasteiger partial charge in [-0.05, 0) is 18.7 Å². The number of thioether (sulfide) groups is 1. The van der Waals surface area contributed by atoms with Crippen LogP contribution >= 0.6 is 11.8 Å². The Morgan fingerprint density at radius 3 is 2.84 bits per heavy atom. The molecular formula is C14H16N4S. The third-order valence-corrected chi connectivity index (χ3v) is 3.72. The summed E-state index contributed by atoms with van der Waals surface area (Å²) in [6.07, 6.45) is 3.08. The van der Waals surface area contributed by atoms with Crippen molar-refractivity contribution >= 4 is 28.4 Å². The topological polar surface area (TPSA) is 61.6 Å². The van der Waals surface area contributed by atoms with Gasteiger partial charge >= 0.3 is 0 Å². The van der Waals surface area contributed by atoms with Crippen molar-refractivity contribution in [2.75, 3.05) is 17.3 Å². The second-order valence-electron chi connectivity index (χ2n) is 4.26. The van der Waals surface area contributed by atoms with Gasteiger partial charge in [-0.25, -0.2) is 0 Å². The minimum Gasteiger partial charge on any atom is -0.379 e. The van der Waals surface area contributed by atoms with Crippen molar-refractivity contribution < 1.29 is 0 Å². The maximum absolute atomic E-state index is 9.20. The number of aromatic nitrogens is 2. The molecule has 0 fully saturated rings. The molecule has 1 unspecified atom stereocenters. The monoisotopic (exact) mass is 272 g/mol. The predicted molar refractivity (Wildman–Crippen MR) is 80.3 cm³/mol. The van der Waals surface area contributed by atoms with Crippen LogP contribution in [0.5, 0.6) is 0 Å². The molecule has 5 heteroatoms. The Morgan fingerprint density at radius 2 is 2.16 bits per heavy atom. The smallest absolute Gasteiger partial charge is 0.186 e. The second kappa shape index (κ2) is 6.39. The van der Waals surface area contributed by atoms with Crippen molar-refractivity contribution in [1.82, 2.24) is 10.2 Å². The fourth-order valence-corrected chi connectivity index (χ4v) is 2.67. The quantitative estimate of drug-likeness (QED) is 0.906. The van der Waals surface area contributed by atoms with E-state index >= 15 is 0 Å². The van der Waals surface area contributed by atoms with E-state index in [-0.39, 0.29) is 0 Å². The molecule has 1 aromatic carbocycles. The number of hydrogen-bond acceptors (Lipinski definition) is 5. The molecule has 0 saturated heterocycles. The van der Waals surface area contributed by atoms with Crippen molar-refractivity contribution in [3.63, 3.8) is 0 Å². The van der Waals surface area contributed by atoms with Gasteiger partial charge in [0.15, 0.2) is 5.69 Å². The minimum atomic E-state index is 0.328. The van der Waals surface area contributed by atoms with Crippen LogP contribution in [0.2, 0.25) is 0 Å². The third-order valence-electron chi connectivity index (χ3n) is 2.98. The number of nitrogens with one attached hydrogen (secondary N) is 1.